The van der Waals surface area contributed by atoms with E-state index < -0.39 is 0 Å². The zero-order valence-electron chi connectivity index (χ0n) is 11.5. The summed E-state index contributed by atoms with van der Waals surface area (Å²) >= 11 is 2.09. The lowest BCUT2D eigenvalue weighted by Crippen LogP contribution is -2.57. The molecule has 2 fully saturated rings. The van der Waals surface area contributed by atoms with Gasteiger partial charge in [0.1, 0.15) is 0 Å². The second kappa shape index (κ2) is 7.01. The van der Waals surface area contributed by atoms with E-state index in [1.165, 1.54) is 56.8 Å². The molecule has 1 saturated carbocycles. The predicted octanol–water partition coefficient (Wildman–Crippen LogP) is 2.59. The van der Waals surface area contributed by atoms with Crippen LogP contribution in [0.3, 0.4) is 0 Å². The van der Waals surface area contributed by atoms with Crippen molar-refractivity contribution in [1.29, 1.82) is 0 Å². The monoisotopic (exact) mass is 256 g/mol. The van der Waals surface area contributed by atoms with E-state index in [-0.39, 0.29) is 0 Å². The van der Waals surface area contributed by atoms with Gasteiger partial charge in [0.2, 0.25) is 0 Å². The number of nitrogens with zero attached hydrogens (tertiary/aromatic N) is 1. The topological polar surface area (TPSA) is 15.3 Å². The standard InChI is InChI=1S/C14H28N2S/c1-3-5-13-10-15-14(12-6-7-12)11-16(13)8-9-17-4-2/h12-15H,3-11H2,1-2H3. The third-order valence-electron chi connectivity index (χ3n) is 4.10. The summed E-state index contributed by atoms with van der Waals surface area (Å²) in [6.45, 7) is 8.41. The molecular weight excluding hydrogens is 228 g/mol. The first-order valence-electron chi connectivity index (χ1n) is 7.40. The Kier molecular flexibility index (Phi) is 5.64. The summed E-state index contributed by atoms with van der Waals surface area (Å²) in [5, 5.41) is 3.79. The van der Waals surface area contributed by atoms with Gasteiger partial charge in [-0.2, -0.15) is 11.8 Å². The minimum atomic E-state index is 0.799. The van der Waals surface area contributed by atoms with Crippen LogP contribution in [0.2, 0.25) is 0 Å². The van der Waals surface area contributed by atoms with Crippen LogP contribution in [0.5, 0.6) is 0 Å². The van der Waals surface area contributed by atoms with Crippen LogP contribution >= 0.6 is 11.8 Å². The molecule has 17 heavy (non-hydrogen) atoms. The highest BCUT2D eigenvalue weighted by atomic mass is 32.2. The molecule has 0 amide bonds. The van der Waals surface area contributed by atoms with Crippen LogP contribution in [0.15, 0.2) is 0 Å². The molecule has 0 bridgehead atoms. The normalized spacial score (nSPS) is 30.7. The minimum Gasteiger partial charge on any atom is -0.311 e. The van der Waals surface area contributed by atoms with Crippen LogP contribution < -0.4 is 5.32 Å². The minimum absolute atomic E-state index is 0.799. The second-order valence-electron chi connectivity index (χ2n) is 5.49. The number of thioether (sulfide) groups is 1. The first-order valence-corrected chi connectivity index (χ1v) is 8.55. The molecule has 2 atom stereocenters. The first kappa shape index (κ1) is 13.7. The van der Waals surface area contributed by atoms with Crippen molar-refractivity contribution in [1.82, 2.24) is 10.2 Å². The van der Waals surface area contributed by atoms with E-state index in [9.17, 15) is 0 Å². The summed E-state index contributed by atoms with van der Waals surface area (Å²) in [4.78, 5) is 2.77. The molecule has 0 radical (unpaired) electrons. The van der Waals surface area contributed by atoms with E-state index in [1.807, 2.05) is 0 Å². The van der Waals surface area contributed by atoms with Crippen molar-refractivity contribution in [2.75, 3.05) is 31.1 Å². The fraction of sp³-hybridized carbons (Fsp3) is 1.00. The van der Waals surface area contributed by atoms with Gasteiger partial charge in [0.15, 0.2) is 0 Å². The smallest absolute Gasteiger partial charge is 0.0224 e. The summed E-state index contributed by atoms with van der Waals surface area (Å²) < 4.78 is 0. The van der Waals surface area contributed by atoms with Gasteiger partial charge in [0.05, 0.1) is 0 Å². The molecule has 2 rings (SSSR count). The van der Waals surface area contributed by atoms with Crippen LogP contribution in [0.25, 0.3) is 0 Å². The summed E-state index contributed by atoms with van der Waals surface area (Å²) in [5.74, 6) is 3.57. The van der Waals surface area contributed by atoms with Crippen molar-refractivity contribution in [2.45, 2.75) is 51.6 Å². The Morgan fingerprint density at radius 3 is 2.76 bits per heavy atom. The van der Waals surface area contributed by atoms with Crippen LogP contribution in [0, 0.1) is 5.92 Å². The molecule has 100 valence electrons. The lowest BCUT2D eigenvalue weighted by molar-refractivity contribution is 0.123. The molecule has 1 aliphatic heterocycles. The number of nitrogens with one attached hydrogen (secondary N) is 1. The molecule has 1 heterocycles. The van der Waals surface area contributed by atoms with Gasteiger partial charge in [-0.1, -0.05) is 20.3 Å². The maximum Gasteiger partial charge on any atom is 0.0224 e. The average Bonchev–Trinajstić information content (AvgIpc) is 3.16. The van der Waals surface area contributed by atoms with Gasteiger partial charge in [0, 0.05) is 37.5 Å². The third-order valence-corrected chi connectivity index (χ3v) is 4.98. The highest BCUT2D eigenvalue weighted by Crippen LogP contribution is 2.34. The van der Waals surface area contributed by atoms with E-state index >= 15 is 0 Å². The van der Waals surface area contributed by atoms with Gasteiger partial charge < -0.3 is 5.32 Å². The molecular formula is C14H28N2S. The molecule has 1 aliphatic carbocycles. The fourth-order valence-electron chi connectivity index (χ4n) is 2.91. The van der Waals surface area contributed by atoms with E-state index in [0.717, 1.165) is 18.0 Å². The van der Waals surface area contributed by atoms with E-state index in [4.69, 9.17) is 0 Å². The number of hydrogen-bond acceptors (Lipinski definition) is 3. The van der Waals surface area contributed by atoms with Crippen molar-refractivity contribution in [3.05, 3.63) is 0 Å². The number of piperazine rings is 1. The van der Waals surface area contributed by atoms with Gasteiger partial charge in [-0.05, 0) is 30.9 Å². The second-order valence-corrected chi connectivity index (χ2v) is 6.88. The van der Waals surface area contributed by atoms with Crippen LogP contribution in [0.1, 0.15) is 39.5 Å². The zero-order chi connectivity index (χ0) is 12.1. The predicted molar refractivity (Wildman–Crippen MR) is 77.8 cm³/mol. The summed E-state index contributed by atoms with van der Waals surface area (Å²) in [6, 6.07) is 1.60. The Hall–Kier alpha value is 0.270. The Balaban J connectivity index is 1.80. The third kappa shape index (κ3) is 4.15. The Morgan fingerprint density at radius 2 is 2.12 bits per heavy atom. The molecule has 2 nitrogen and oxygen atoms in total. The molecule has 0 spiro atoms. The van der Waals surface area contributed by atoms with Gasteiger partial charge in [-0.3, -0.25) is 4.90 Å². The molecule has 2 unspecified atom stereocenters. The molecule has 0 aromatic heterocycles. The Labute approximate surface area is 111 Å². The Bertz CT molecular complexity index is 218. The lowest BCUT2D eigenvalue weighted by Gasteiger charge is -2.40. The summed E-state index contributed by atoms with van der Waals surface area (Å²) in [5.41, 5.74) is 0. The van der Waals surface area contributed by atoms with Gasteiger partial charge in [-0.25, -0.2) is 0 Å². The average molecular weight is 256 g/mol. The molecule has 0 aromatic carbocycles. The fourth-order valence-corrected chi connectivity index (χ4v) is 3.57. The number of rotatable bonds is 7. The van der Waals surface area contributed by atoms with Crippen LogP contribution in [-0.4, -0.2) is 48.1 Å². The first-order chi connectivity index (χ1) is 8.35. The maximum absolute atomic E-state index is 3.79. The molecule has 2 aliphatic rings. The molecule has 3 heteroatoms. The summed E-state index contributed by atoms with van der Waals surface area (Å²) in [7, 11) is 0. The largest absolute Gasteiger partial charge is 0.311 e. The van der Waals surface area contributed by atoms with Crippen molar-refractivity contribution in [3.8, 4) is 0 Å². The van der Waals surface area contributed by atoms with Crippen molar-refractivity contribution in [2.24, 2.45) is 5.92 Å². The maximum atomic E-state index is 3.79. The van der Waals surface area contributed by atoms with Crippen LogP contribution in [-0.2, 0) is 0 Å². The molecule has 1 saturated heterocycles. The molecule has 0 aromatic rings. The van der Waals surface area contributed by atoms with E-state index in [0.29, 0.717) is 0 Å². The lowest BCUT2D eigenvalue weighted by atomic mass is 10.0. The van der Waals surface area contributed by atoms with Crippen molar-refractivity contribution < 1.29 is 0 Å². The Morgan fingerprint density at radius 1 is 1.29 bits per heavy atom. The number of hydrogen-bond donors (Lipinski definition) is 1. The van der Waals surface area contributed by atoms with Gasteiger partial charge in [0.25, 0.3) is 0 Å². The SMILES string of the molecule is CCCC1CNC(C2CC2)CN1CCSCC. The quantitative estimate of drug-likeness (QED) is 0.705. The van der Waals surface area contributed by atoms with E-state index in [1.54, 1.807) is 0 Å². The van der Waals surface area contributed by atoms with Gasteiger partial charge >= 0.3 is 0 Å². The van der Waals surface area contributed by atoms with E-state index in [2.05, 4.69) is 35.8 Å². The highest BCUT2D eigenvalue weighted by Gasteiger charge is 2.36. The van der Waals surface area contributed by atoms with Crippen LogP contribution in [0.4, 0.5) is 0 Å². The van der Waals surface area contributed by atoms with Gasteiger partial charge in [-0.15, -0.1) is 0 Å². The summed E-state index contributed by atoms with van der Waals surface area (Å²) in [6.07, 6.45) is 5.61. The van der Waals surface area contributed by atoms with Crippen molar-refractivity contribution in [3.63, 3.8) is 0 Å². The van der Waals surface area contributed by atoms with Crippen molar-refractivity contribution >= 4 is 11.8 Å². The molecule has 1 N–H and O–H groups in total. The zero-order valence-corrected chi connectivity index (χ0v) is 12.3. The highest BCUT2D eigenvalue weighted by molar-refractivity contribution is 7.99.